The molecule has 0 saturated carbocycles. The number of nitrogens with one attached hydrogen (secondary N) is 1. The van der Waals surface area contributed by atoms with Crippen LogP contribution >= 0.6 is 11.3 Å². The fourth-order valence-electron chi connectivity index (χ4n) is 2.26. The van der Waals surface area contributed by atoms with Gasteiger partial charge in [-0.25, -0.2) is 9.78 Å². The normalized spacial score (nSPS) is 11.5. The molecule has 2 aromatic rings. The largest absolute Gasteiger partial charge is 0.444 e. The Bertz CT molecular complexity index is 752. The number of amides is 1. The third-order valence-electron chi connectivity index (χ3n) is 3.36. The van der Waals surface area contributed by atoms with Gasteiger partial charge in [-0.2, -0.15) is 0 Å². The van der Waals surface area contributed by atoms with Crippen LogP contribution in [0.25, 0.3) is 10.2 Å². The number of alkyl carbamates (subject to hydrolysis) is 1. The van der Waals surface area contributed by atoms with Gasteiger partial charge in [-0.3, -0.25) is 10.1 Å². The van der Waals surface area contributed by atoms with Crippen LogP contribution in [-0.2, 0) is 11.2 Å². The summed E-state index contributed by atoms with van der Waals surface area (Å²) in [6.45, 7) is 6.08. The number of unbranched alkanes of at least 4 members (excludes halogenated alkanes) is 2. The molecule has 7 nitrogen and oxygen atoms in total. The number of nitro benzene ring substituents is 1. The number of hydrogen-bond donors (Lipinski definition) is 1. The number of fused-ring (bicyclic) bond motifs is 1. The molecule has 0 fully saturated rings. The van der Waals surface area contributed by atoms with Crippen LogP contribution < -0.4 is 5.32 Å². The van der Waals surface area contributed by atoms with Crippen molar-refractivity contribution < 1.29 is 14.5 Å². The number of non-ortho nitro benzene ring substituents is 1. The molecule has 0 atom stereocenters. The molecule has 0 aliphatic rings. The van der Waals surface area contributed by atoms with Crippen molar-refractivity contribution >= 4 is 33.3 Å². The zero-order valence-corrected chi connectivity index (χ0v) is 15.5. The molecular weight excluding hydrogens is 342 g/mol. The van der Waals surface area contributed by atoms with Crippen molar-refractivity contribution in [2.45, 2.75) is 52.1 Å². The van der Waals surface area contributed by atoms with Crippen LogP contribution in [0.5, 0.6) is 0 Å². The van der Waals surface area contributed by atoms with E-state index in [0.29, 0.717) is 6.54 Å². The standard InChI is InChI=1S/C17H23N3O4S/c1-17(2,3)24-16(21)18-10-6-4-5-7-15-19-13-9-8-12(20(22)23)11-14(13)25-15/h8-9,11H,4-7,10H2,1-3H3,(H,18,21). The van der Waals surface area contributed by atoms with E-state index in [4.69, 9.17) is 4.74 Å². The summed E-state index contributed by atoms with van der Waals surface area (Å²) in [5.74, 6) is 0. The number of nitrogens with zero attached hydrogens (tertiary/aromatic N) is 2. The van der Waals surface area contributed by atoms with Gasteiger partial charge in [0.15, 0.2) is 0 Å². The molecule has 1 aromatic heterocycles. The highest BCUT2D eigenvalue weighted by atomic mass is 32.1. The van der Waals surface area contributed by atoms with Crippen molar-refractivity contribution in [3.05, 3.63) is 33.3 Å². The maximum atomic E-state index is 11.5. The number of thiazole rings is 1. The number of aryl methyl sites for hydroxylation is 1. The van der Waals surface area contributed by atoms with Crippen molar-refractivity contribution in [2.24, 2.45) is 0 Å². The van der Waals surface area contributed by atoms with Gasteiger partial charge in [0, 0.05) is 18.7 Å². The number of ether oxygens (including phenoxy) is 1. The number of hydrogen-bond acceptors (Lipinski definition) is 6. The van der Waals surface area contributed by atoms with Crippen LogP contribution in [0.3, 0.4) is 0 Å². The van der Waals surface area contributed by atoms with E-state index in [1.807, 2.05) is 20.8 Å². The molecule has 1 aromatic carbocycles. The van der Waals surface area contributed by atoms with E-state index in [1.54, 1.807) is 12.1 Å². The molecule has 1 amide bonds. The summed E-state index contributed by atoms with van der Waals surface area (Å²) in [4.78, 5) is 26.4. The van der Waals surface area contributed by atoms with Gasteiger partial charge < -0.3 is 10.1 Å². The first kappa shape index (κ1) is 19.1. The Morgan fingerprint density at radius 2 is 2.08 bits per heavy atom. The molecule has 0 radical (unpaired) electrons. The summed E-state index contributed by atoms with van der Waals surface area (Å²) in [5, 5.41) is 14.5. The lowest BCUT2D eigenvalue weighted by Crippen LogP contribution is -2.32. The highest BCUT2D eigenvalue weighted by Gasteiger charge is 2.15. The molecule has 0 aliphatic carbocycles. The topological polar surface area (TPSA) is 94.4 Å². The summed E-state index contributed by atoms with van der Waals surface area (Å²) in [6, 6.07) is 4.74. The molecule has 25 heavy (non-hydrogen) atoms. The predicted octanol–water partition coefficient (Wildman–Crippen LogP) is 4.44. The number of carbonyl (C=O) groups excluding carboxylic acids is 1. The van der Waals surface area contributed by atoms with Gasteiger partial charge in [0.05, 0.1) is 20.1 Å². The number of rotatable bonds is 7. The Kier molecular flexibility index (Phi) is 6.30. The van der Waals surface area contributed by atoms with Crippen LogP contribution in [0.4, 0.5) is 10.5 Å². The molecule has 136 valence electrons. The second-order valence-corrected chi connectivity index (χ2v) is 7.87. The van der Waals surface area contributed by atoms with E-state index in [9.17, 15) is 14.9 Å². The van der Waals surface area contributed by atoms with Gasteiger partial charge in [-0.1, -0.05) is 6.42 Å². The maximum Gasteiger partial charge on any atom is 0.407 e. The summed E-state index contributed by atoms with van der Waals surface area (Å²) >= 11 is 1.50. The summed E-state index contributed by atoms with van der Waals surface area (Å²) in [6.07, 6.45) is 3.24. The lowest BCUT2D eigenvalue weighted by molar-refractivity contribution is -0.384. The first-order valence-corrected chi connectivity index (χ1v) is 9.07. The minimum absolute atomic E-state index is 0.0934. The second kappa shape index (κ2) is 8.24. The lowest BCUT2D eigenvalue weighted by Gasteiger charge is -2.19. The number of nitro groups is 1. The highest BCUT2D eigenvalue weighted by Crippen LogP contribution is 2.27. The van der Waals surface area contributed by atoms with E-state index >= 15 is 0 Å². The van der Waals surface area contributed by atoms with E-state index in [1.165, 1.54) is 17.4 Å². The summed E-state index contributed by atoms with van der Waals surface area (Å²) < 4.78 is 6.01. The number of aromatic nitrogens is 1. The fourth-order valence-corrected chi connectivity index (χ4v) is 3.31. The molecule has 0 bridgehead atoms. The summed E-state index contributed by atoms with van der Waals surface area (Å²) in [5.41, 5.74) is 0.416. The first-order valence-electron chi connectivity index (χ1n) is 8.25. The third kappa shape index (κ3) is 6.30. The number of benzene rings is 1. The van der Waals surface area contributed by atoms with E-state index < -0.39 is 10.5 Å². The first-order chi connectivity index (χ1) is 11.7. The van der Waals surface area contributed by atoms with Crippen LogP contribution in [0.2, 0.25) is 0 Å². The van der Waals surface area contributed by atoms with Crippen LogP contribution in [-0.4, -0.2) is 28.1 Å². The van der Waals surface area contributed by atoms with Gasteiger partial charge in [0.1, 0.15) is 5.60 Å². The Hall–Kier alpha value is -2.22. The lowest BCUT2D eigenvalue weighted by atomic mass is 10.2. The predicted molar refractivity (Wildman–Crippen MR) is 98.1 cm³/mol. The molecule has 1 heterocycles. The average Bonchev–Trinajstić information content (AvgIpc) is 2.90. The average molecular weight is 365 g/mol. The highest BCUT2D eigenvalue weighted by molar-refractivity contribution is 7.18. The van der Waals surface area contributed by atoms with Gasteiger partial charge in [-0.05, 0) is 46.1 Å². The monoisotopic (exact) mass is 365 g/mol. The quantitative estimate of drug-likeness (QED) is 0.444. The Balaban J connectivity index is 1.71. The van der Waals surface area contributed by atoms with E-state index in [0.717, 1.165) is 40.9 Å². The van der Waals surface area contributed by atoms with Crippen molar-refractivity contribution in [2.75, 3.05) is 6.54 Å². The van der Waals surface area contributed by atoms with Crippen molar-refractivity contribution in [3.63, 3.8) is 0 Å². The minimum Gasteiger partial charge on any atom is -0.444 e. The zero-order chi connectivity index (χ0) is 18.4. The Labute approximate surface area is 150 Å². The van der Waals surface area contributed by atoms with Crippen molar-refractivity contribution in [3.8, 4) is 0 Å². The van der Waals surface area contributed by atoms with Gasteiger partial charge in [0.2, 0.25) is 0 Å². The van der Waals surface area contributed by atoms with Gasteiger partial charge in [0.25, 0.3) is 5.69 Å². The fraction of sp³-hybridized carbons (Fsp3) is 0.529. The molecule has 0 unspecified atom stereocenters. The smallest absolute Gasteiger partial charge is 0.407 e. The molecule has 2 rings (SSSR count). The van der Waals surface area contributed by atoms with Crippen LogP contribution in [0, 0.1) is 10.1 Å². The summed E-state index contributed by atoms with van der Waals surface area (Å²) in [7, 11) is 0. The maximum absolute atomic E-state index is 11.5. The molecule has 0 aliphatic heterocycles. The SMILES string of the molecule is CC(C)(C)OC(=O)NCCCCCc1nc2ccc([N+](=O)[O-])cc2s1. The van der Waals surface area contributed by atoms with Crippen molar-refractivity contribution in [1.29, 1.82) is 0 Å². The molecule has 0 saturated heterocycles. The van der Waals surface area contributed by atoms with Crippen molar-refractivity contribution in [1.82, 2.24) is 10.3 Å². The van der Waals surface area contributed by atoms with Gasteiger partial charge in [-0.15, -0.1) is 11.3 Å². The third-order valence-corrected chi connectivity index (χ3v) is 4.44. The minimum atomic E-state index is -0.480. The van der Waals surface area contributed by atoms with Gasteiger partial charge >= 0.3 is 6.09 Å². The molecule has 0 spiro atoms. The van der Waals surface area contributed by atoms with E-state index in [-0.39, 0.29) is 11.8 Å². The van der Waals surface area contributed by atoms with E-state index in [2.05, 4.69) is 10.3 Å². The zero-order valence-electron chi connectivity index (χ0n) is 14.7. The van der Waals surface area contributed by atoms with Crippen LogP contribution in [0.1, 0.15) is 45.0 Å². The van der Waals surface area contributed by atoms with Crippen LogP contribution in [0.15, 0.2) is 18.2 Å². The Morgan fingerprint density at radius 1 is 1.32 bits per heavy atom. The number of carbonyl (C=O) groups is 1. The molecular formula is C17H23N3O4S. The second-order valence-electron chi connectivity index (χ2n) is 6.76. The Morgan fingerprint density at radius 3 is 2.76 bits per heavy atom. The molecule has 8 heteroatoms. The molecule has 1 N–H and O–H groups in total.